The summed E-state index contributed by atoms with van der Waals surface area (Å²) in [6, 6.07) is 15.6. The predicted octanol–water partition coefficient (Wildman–Crippen LogP) is 2.88. The van der Waals surface area contributed by atoms with Crippen molar-refractivity contribution >= 4 is 33.0 Å². The van der Waals surface area contributed by atoms with E-state index in [-0.39, 0.29) is 44.3 Å². The molecule has 0 aromatic heterocycles. The molecule has 0 bridgehead atoms. The van der Waals surface area contributed by atoms with E-state index in [9.17, 15) is 18.0 Å². The largest absolute Gasteiger partial charge is 0.494 e. The van der Waals surface area contributed by atoms with E-state index in [1.807, 2.05) is 0 Å². The van der Waals surface area contributed by atoms with Gasteiger partial charge in [0.05, 0.1) is 34.5 Å². The van der Waals surface area contributed by atoms with E-state index in [0.29, 0.717) is 0 Å². The lowest BCUT2D eigenvalue weighted by atomic mass is 9.82. The lowest BCUT2D eigenvalue weighted by Gasteiger charge is -2.27. The lowest BCUT2D eigenvalue weighted by Crippen LogP contribution is -2.31. The average molecular weight is 422 g/mol. The van der Waals surface area contributed by atoms with Gasteiger partial charge in [-0.1, -0.05) is 42.5 Å². The maximum atomic E-state index is 13.3. The first-order valence-electron chi connectivity index (χ1n) is 9.02. The summed E-state index contributed by atoms with van der Waals surface area (Å²) in [6.45, 7) is 0. The first-order valence-corrected chi connectivity index (χ1v) is 10.5. The molecule has 0 atom stereocenters. The maximum Gasteiger partial charge on any atom is 0.264 e. The minimum atomic E-state index is -4.01. The van der Waals surface area contributed by atoms with Crippen LogP contribution in [0.15, 0.2) is 65.6 Å². The van der Waals surface area contributed by atoms with Gasteiger partial charge in [0.25, 0.3) is 10.0 Å². The van der Waals surface area contributed by atoms with Gasteiger partial charge in [-0.2, -0.15) is 0 Å². The Kier molecular flexibility index (Phi) is 4.58. The monoisotopic (exact) mass is 422 g/mol. The van der Waals surface area contributed by atoms with Crippen LogP contribution in [-0.4, -0.2) is 34.1 Å². The Labute approximate surface area is 173 Å². The molecule has 152 valence electrons. The third-order valence-electron chi connectivity index (χ3n) is 5.14. The summed E-state index contributed by atoms with van der Waals surface area (Å²) in [5.41, 5.74) is 6.47. The van der Waals surface area contributed by atoms with Crippen molar-refractivity contribution in [1.29, 1.82) is 0 Å². The number of anilines is 2. The fraction of sp³-hybridized carbons (Fsp3) is 0.0909. The van der Waals surface area contributed by atoms with Crippen molar-refractivity contribution in [3.63, 3.8) is 0 Å². The number of carbonyl (C=O) groups is 2. The van der Waals surface area contributed by atoms with Gasteiger partial charge in [-0.3, -0.25) is 13.9 Å². The van der Waals surface area contributed by atoms with Crippen LogP contribution in [0.1, 0.15) is 31.8 Å². The van der Waals surface area contributed by atoms with Crippen molar-refractivity contribution in [2.75, 3.05) is 24.2 Å². The number of hydrogen-bond donors (Lipinski definition) is 1. The second-order valence-corrected chi connectivity index (χ2v) is 8.72. The summed E-state index contributed by atoms with van der Waals surface area (Å²) in [7, 11) is -1.33. The molecule has 0 spiro atoms. The van der Waals surface area contributed by atoms with Crippen molar-refractivity contribution in [2.45, 2.75) is 4.90 Å². The van der Waals surface area contributed by atoms with E-state index in [0.717, 1.165) is 4.31 Å². The smallest absolute Gasteiger partial charge is 0.264 e. The minimum absolute atomic E-state index is 0.00499. The second-order valence-electron chi connectivity index (χ2n) is 6.75. The Bertz CT molecular complexity index is 1300. The number of ketones is 2. The van der Waals surface area contributed by atoms with E-state index in [4.69, 9.17) is 10.5 Å². The standard InChI is InChI=1S/C22H18N2O5S/c1-24(30(27,28)13-8-4-3-5-9-13)16-12-17(29-2)20(23)19-18(16)21(25)14-10-6-7-11-15(14)22(19)26/h3-12H,23H2,1-2H3. The zero-order chi connectivity index (χ0) is 21.6. The number of benzene rings is 3. The van der Waals surface area contributed by atoms with E-state index in [1.54, 1.807) is 36.4 Å². The number of rotatable bonds is 4. The summed E-state index contributed by atoms with van der Waals surface area (Å²) in [5.74, 6) is -0.817. The van der Waals surface area contributed by atoms with Crippen molar-refractivity contribution in [3.05, 3.63) is 82.9 Å². The molecule has 7 nitrogen and oxygen atoms in total. The molecule has 30 heavy (non-hydrogen) atoms. The van der Waals surface area contributed by atoms with Crippen LogP contribution in [0.25, 0.3) is 0 Å². The van der Waals surface area contributed by atoms with Gasteiger partial charge in [-0.05, 0) is 12.1 Å². The molecular formula is C22H18N2O5S. The van der Waals surface area contributed by atoms with Gasteiger partial charge in [-0.15, -0.1) is 0 Å². The quantitative estimate of drug-likeness (QED) is 0.507. The number of hydrogen-bond acceptors (Lipinski definition) is 6. The molecule has 3 aromatic carbocycles. The van der Waals surface area contributed by atoms with Gasteiger partial charge in [0.15, 0.2) is 11.6 Å². The molecule has 0 fully saturated rings. The third kappa shape index (κ3) is 2.76. The Morgan fingerprint density at radius 3 is 1.97 bits per heavy atom. The number of sulfonamides is 1. The topological polar surface area (TPSA) is 107 Å². The third-order valence-corrected chi connectivity index (χ3v) is 6.93. The molecule has 0 radical (unpaired) electrons. The molecule has 3 aromatic rings. The van der Waals surface area contributed by atoms with Crippen LogP contribution in [0.4, 0.5) is 11.4 Å². The molecule has 0 aliphatic heterocycles. The van der Waals surface area contributed by atoms with Gasteiger partial charge >= 0.3 is 0 Å². The number of ether oxygens (including phenoxy) is 1. The van der Waals surface area contributed by atoms with E-state index in [2.05, 4.69) is 0 Å². The van der Waals surface area contributed by atoms with Gasteiger partial charge in [0.2, 0.25) is 0 Å². The van der Waals surface area contributed by atoms with Gasteiger partial charge in [0, 0.05) is 24.2 Å². The number of carbonyl (C=O) groups excluding carboxylic acids is 2. The molecule has 1 aliphatic rings. The lowest BCUT2D eigenvalue weighted by molar-refractivity contribution is 0.0980. The molecule has 0 heterocycles. The minimum Gasteiger partial charge on any atom is -0.494 e. The normalized spacial score (nSPS) is 12.9. The Hall–Kier alpha value is -3.65. The van der Waals surface area contributed by atoms with Gasteiger partial charge in [-0.25, -0.2) is 8.42 Å². The van der Waals surface area contributed by atoms with Crippen LogP contribution in [0.2, 0.25) is 0 Å². The first kappa shape index (κ1) is 19.7. The number of nitrogens with two attached hydrogens (primary N) is 1. The van der Waals surface area contributed by atoms with Crippen molar-refractivity contribution in [1.82, 2.24) is 0 Å². The van der Waals surface area contributed by atoms with Crippen LogP contribution in [0, 0.1) is 0 Å². The van der Waals surface area contributed by atoms with Crippen LogP contribution in [0.3, 0.4) is 0 Å². The second kappa shape index (κ2) is 7.00. The van der Waals surface area contributed by atoms with E-state index >= 15 is 0 Å². The average Bonchev–Trinajstić information content (AvgIpc) is 2.77. The van der Waals surface area contributed by atoms with E-state index in [1.165, 1.54) is 38.4 Å². The van der Waals surface area contributed by atoms with E-state index < -0.39 is 21.6 Å². The van der Waals surface area contributed by atoms with Crippen molar-refractivity contribution in [2.24, 2.45) is 0 Å². The Morgan fingerprint density at radius 2 is 1.40 bits per heavy atom. The Morgan fingerprint density at radius 1 is 0.867 bits per heavy atom. The fourth-order valence-electron chi connectivity index (χ4n) is 3.57. The highest BCUT2D eigenvalue weighted by Gasteiger charge is 2.37. The van der Waals surface area contributed by atoms with Gasteiger partial charge < -0.3 is 10.5 Å². The molecule has 0 saturated heterocycles. The zero-order valence-electron chi connectivity index (χ0n) is 16.2. The highest BCUT2D eigenvalue weighted by atomic mass is 32.2. The predicted molar refractivity (Wildman–Crippen MR) is 113 cm³/mol. The number of nitrogens with zero attached hydrogens (tertiary/aromatic N) is 1. The number of nitrogen functional groups attached to an aromatic ring is 1. The molecule has 4 rings (SSSR count). The summed E-state index contributed by atoms with van der Waals surface area (Å²) in [6.07, 6.45) is 0. The van der Waals surface area contributed by atoms with Crippen molar-refractivity contribution < 1.29 is 22.7 Å². The van der Waals surface area contributed by atoms with Crippen LogP contribution >= 0.6 is 0 Å². The van der Waals surface area contributed by atoms with Crippen LogP contribution < -0.4 is 14.8 Å². The van der Waals surface area contributed by atoms with Crippen molar-refractivity contribution in [3.8, 4) is 5.75 Å². The highest BCUT2D eigenvalue weighted by Crippen LogP contribution is 2.42. The zero-order valence-corrected chi connectivity index (χ0v) is 17.1. The van der Waals surface area contributed by atoms with Crippen LogP contribution in [0.5, 0.6) is 5.75 Å². The molecule has 0 saturated carbocycles. The Balaban J connectivity index is 2.01. The van der Waals surface area contributed by atoms with Crippen LogP contribution in [-0.2, 0) is 10.0 Å². The molecule has 2 N–H and O–H groups in total. The summed E-state index contributed by atoms with van der Waals surface area (Å²) >= 11 is 0. The molecular weight excluding hydrogens is 404 g/mol. The number of methoxy groups -OCH3 is 1. The summed E-state index contributed by atoms with van der Waals surface area (Å²) in [4.78, 5) is 26.6. The molecule has 1 aliphatic carbocycles. The highest BCUT2D eigenvalue weighted by molar-refractivity contribution is 7.92. The molecule has 0 amide bonds. The molecule has 8 heteroatoms. The summed E-state index contributed by atoms with van der Waals surface area (Å²) in [5, 5.41) is 0. The SMILES string of the molecule is COc1cc(N(C)S(=O)(=O)c2ccccc2)c2c(c1N)C(=O)c1ccccc1C2=O. The fourth-order valence-corrected chi connectivity index (χ4v) is 4.79. The first-order chi connectivity index (χ1) is 14.3. The van der Waals surface area contributed by atoms with Gasteiger partial charge in [0.1, 0.15) is 5.75 Å². The summed E-state index contributed by atoms with van der Waals surface area (Å²) < 4.78 is 32.6. The molecule has 0 unspecified atom stereocenters. The number of fused-ring (bicyclic) bond motifs is 2. The maximum absolute atomic E-state index is 13.3.